The normalized spacial score (nSPS) is 13.5. The second kappa shape index (κ2) is 8.49. The summed E-state index contributed by atoms with van der Waals surface area (Å²) < 4.78 is 5.43. The summed E-state index contributed by atoms with van der Waals surface area (Å²) >= 11 is 0. The zero-order valence-electron chi connectivity index (χ0n) is 15.2. The number of ketones is 1. The number of hydrogen-bond acceptors (Lipinski definition) is 4. The smallest absolute Gasteiger partial charge is 0.258 e. The standard InChI is InChI=1S/C21H22N2O4/c1-15(24)17-7-9-19(10-8-17)27-14-20(25)22-13-16-4-2-5-18(12-16)23-11-3-6-21(23)26/h2,4-5,7-10,12H,3,6,11,13-14H2,1H3,(H,22,25). The Morgan fingerprint density at radius 2 is 1.93 bits per heavy atom. The van der Waals surface area contributed by atoms with Gasteiger partial charge in [-0.3, -0.25) is 14.4 Å². The Labute approximate surface area is 158 Å². The fraction of sp³-hybridized carbons (Fsp3) is 0.286. The highest BCUT2D eigenvalue weighted by molar-refractivity contribution is 5.95. The van der Waals surface area contributed by atoms with Crippen molar-refractivity contribution < 1.29 is 19.1 Å². The first-order valence-corrected chi connectivity index (χ1v) is 8.93. The van der Waals surface area contributed by atoms with Gasteiger partial charge in [-0.25, -0.2) is 0 Å². The Kier molecular flexibility index (Phi) is 5.86. The molecule has 0 spiro atoms. The predicted molar refractivity (Wildman–Crippen MR) is 102 cm³/mol. The topological polar surface area (TPSA) is 75.7 Å². The van der Waals surface area contributed by atoms with E-state index in [0.29, 0.717) is 24.3 Å². The van der Waals surface area contributed by atoms with Crippen molar-refractivity contribution in [3.63, 3.8) is 0 Å². The molecule has 0 unspecified atom stereocenters. The number of carbonyl (C=O) groups is 3. The van der Waals surface area contributed by atoms with E-state index >= 15 is 0 Å². The average molecular weight is 366 g/mol. The third kappa shape index (κ3) is 4.94. The molecule has 6 nitrogen and oxygen atoms in total. The molecule has 6 heteroatoms. The highest BCUT2D eigenvalue weighted by Crippen LogP contribution is 2.22. The van der Waals surface area contributed by atoms with Crippen LogP contribution < -0.4 is 15.0 Å². The Morgan fingerprint density at radius 1 is 1.15 bits per heavy atom. The Bertz CT molecular complexity index is 846. The molecule has 1 aliphatic rings. The summed E-state index contributed by atoms with van der Waals surface area (Å²) in [5.74, 6) is 0.413. The minimum absolute atomic E-state index is 0.0165. The average Bonchev–Trinajstić information content (AvgIpc) is 3.11. The summed E-state index contributed by atoms with van der Waals surface area (Å²) in [6.45, 7) is 2.49. The van der Waals surface area contributed by atoms with Crippen LogP contribution in [-0.2, 0) is 16.1 Å². The monoisotopic (exact) mass is 366 g/mol. The lowest BCUT2D eigenvalue weighted by Gasteiger charge is -2.16. The van der Waals surface area contributed by atoms with Crippen LogP contribution in [0.4, 0.5) is 5.69 Å². The zero-order chi connectivity index (χ0) is 19.2. The molecule has 2 aromatic rings. The molecule has 1 fully saturated rings. The lowest BCUT2D eigenvalue weighted by atomic mass is 10.1. The zero-order valence-corrected chi connectivity index (χ0v) is 15.2. The van der Waals surface area contributed by atoms with Gasteiger partial charge in [0.1, 0.15) is 5.75 Å². The Hall–Kier alpha value is -3.15. The van der Waals surface area contributed by atoms with Gasteiger partial charge < -0.3 is 15.0 Å². The number of amides is 2. The molecule has 0 radical (unpaired) electrons. The van der Waals surface area contributed by atoms with Crippen LogP contribution in [0.1, 0.15) is 35.7 Å². The van der Waals surface area contributed by atoms with Crippen molar-refractivity contribution in [1.29, 1.82) is 0 Å². The van der Waals surface area contributed by atoms with Crippen molar-refractivity contribution in [1.82, 2.24) is 5.32 Å². The maximum atomic E-state index is 12.0. The van der Waals surface area contributed by atoms with E-state index in [-0.39, 0.29) is 24.2 Å². The third-order valence-corrected chi connectivity index (χ3v) is 4.42. The predicted octanol–water partition coefficient (Wildman–Crippen LogP) is 2.71. The van der Waals surface area contributed by atoms with Crippen molar-refractivity contribution in [3.8, 4) is 5.75 Å². The number of ether oxygens (including phenoxy) is 1. The van der Waals surface area contributed by atoms with Gasteiger partial charge in [-0.05, 0) is 55.3 Å². The maximum Gasteiger partial charge on any atom is 0.258 e. The van der Waals surface area contributed by atoms with Gasteiger partial charge in [-0.15, -0.1) is 0 Å². The van der Waals surface area contributed by atoms with Crippen LogP contribution in [0, 0.1) is 0 Å². The molecular weight excluding hydrogens is 344 g/mol. The lowest BCUT2D eigenvalue weighted by molar-refractivity contribution is -0.123. The van der Waals surface area contributed by atoms with E-state index in [2.05, 4.69) is 5.32 Å². The highest BCUT2D eigenvalue weighted by Gasteiger charge is 2.21. The second-order valence-corrected chi connectivity index (χ2v) is 6.46. The molecule has 1 N–H and O–H groups in total. The molecule has 0 aromatic heterocycles. The number of anilines is 1. The van der Waals surface area contributed by atoms with Gasteiger partial charge in [0.2, 0.25) is 5.91 Å². The van der Waals surface area contributed by atoms with Crippen LogP contribution in [0.25, 0.3) is 0 Å². The summed E-state index contributed by atoms with van der Waals surface area (Å²) in [7, 11) is 0. The van der Waals surface area contributed by atoms with Gasteiger partial charge >= 0.3 is 0 Å². The first kappa shape index (κ1) is 18.6. The third-order valence-electron chi connectivity index (χ3n) is 4.42. The van der Waals surface area contributed by atoms with Crippen molar-refractivity contribution in [3.05, 3.63) is 59.7 Å². The fourth-order valence-electron chi connectivity index (χ4n) is 2.94. The molecular formula is C21H22N2O4. The molecule has 1 heterocycles. The van der Waals surface area contributed by atoms with E-state index in [1.165, 1.54) is 6.92 Å². The first-order chi connectivity index (χ1) is 13.0. The van der Waals surface area contributed by atoms with Crippen molar-refractivity contribution in [2.24, 2.45) is 0 Å². The number of carbonyl (C=O) groups excluding carboxylic acids is 3. The maximum absolute atomic E-state index is 12.0. The fourth-order valence-corrected chi connectivity index (χ4v) is 2.94. The minimum atomic E-state index is -0.242. The lowest BCUT2D eigenvalue weighted by Crippen LogP contribution is -2.28. The van der Waals surface area contributed by atoms with Crippen LogP contribution in [-0.4, -0.2) is 30.7 Å². The number of nitrogens with one attached hydrogen (secondary N) is 1. The summed E-state index contributed by atoms with van der Waals surface area (Å²) in [5, 5.41) is 2.81. The first-order valence-electron chi connectivity index (χ1n) is 8.93. The molecule has 0 saturated carbocycles. The quantitative estimate of drug-likeness (QED) is 0.765. The van der Waals surface area contributed by atoms with Gasteiger partial charge in [0.25, 0.3) is 5.91 Å². The van der Waals surface area contributed by atoms with Gasteiger partial charge in [0.05, 0.1) is 0 Å². The van der Waals surface area contributed by atoms with E-state index in [9.17, 15) is 14.4 Å². The van der Waals surface area contributed by atoms with E-state index in [1.807, 2.05) is 24.3 Å². The van der Waals surface area contributed by atoms with Crippen molar-refractivity contribution in [2.75, 3.05) is 18.1 Å². The Morgan fingerprint density at radius 3 is 2.59 bits per heavy atom. The molecule has 140 valence electrons. The number of nitrogens with zero attached hydrogens (tertiary/aromatic N) is 1. The molecule has 27 heavy (non-hydrogen) atoms. The summed E-state index contributed by atoms with van der Waals surface area (Å²) in [4.78, 5) is 36.9. The van der Waals surface area contributed by atoms with Gasteiger partial charge in [-0.1, -0.05) is 12.1 Å². The largest absolute Gasteiger partial charge is 0.484 e. The molecule has 0 aliphatic carbocycles. The minimum Gasteiger partial charge on any atom is -0.484 e. The summed E-state index contributed by atoms with van der Waals surface area (Å²) in [6.07, 6.45) is 1.47. The number of rotatable bonds is 7. The number of benzene rings is 2. The van der Waals surface area contributed by atoms with Gasteiger partial charge in [0, 0.05) is 30.8 Å². The van der Waals surface area contributed by atoms with Crippen molar-refractivity contribution >= 4 is 23.3 Å². The van der Waals surface area contributed by atoms with Gasteiger partial charge in [-0.2, -0.15) is 0 Å². The molecule has 0 bridgehead atoms. The number of Topliss-reactive ketones (excluding diaryl/α,β-unsaturated/α-hetero) is 1. The van der Waals surface area contributed by atoms with E-state index < -0.39 is 0 Å². The Balaban J connectivity index is 1.49. The van der Waals surface area contributed by atoms with Crippen LogP contribution in [0.15, 0.2) is 48.5 Å². The van der Waals surface area contributed by atoms with E-state index in [1.54, 1.807) is 29.2 Å². The van der Waals surface area contributed by atoms with Crippen LogP contribution in [0.3, 0.4) is 0 Å². The highest BCUT2D eigenvalue weighted by atomic mass is 16.5. The van der Waals surface area contributed by atoms with Crippen LogP contribution in [0.2, 0.25) is 0 Å². The van der Waals surface area contributed by atoms with Crippen LogP contribution in [0.5, 0.6) is 5.75 Å². The summed E-state index contributed by atoms with van der Waals surface area (Å²) in [5.41, 5.74) is 2.39. The number of hydrogen-bond donors (Lipinski definition) is 1. The second-order valence-electron chi connectivity index (χ2n) is 6.46. The van der Waals surface area contributed by atoms with Crippen LogP contribution >= 0.6 is 0 Å². The molecule has 2 aromatic carbocycles. The summed E-state index contributed by atoms with van der Waals surface area (Å²) in [6, 6.07) is 14.3. The molecule has 1 aliphatic heterocycles. The molecule has 3 rings (SSSR count). The molecule has 2 amide bonds. The van der Waals surface area contributed by atoms with Crippen molar-refractivity contribution in [2.45, 2.75) is 26.3 Å². The van der Waals surface area contributed by atoms with Gasteiger partial charge in [0.15, 0.2) is 12.4 Å². The molecule has 1 saturated heterocycles. The molecule has 0 atom stereocenters. The van der Waals surface area contributed by atoms with E-state index in [4.69, 9.17) is 4.74 Å². The SMILES string of the molecule is CC(=O)c1ccc(OCC(=O)NCc2cccc(N3CCCC3=O)c2)cc1. The van der Waals surface area contributed by atoms with E-state index in [0.717, 1.165) is 24.2 Å².